The van der Waals surface area contributed by atoms with E-state index in [1.54, 1.807) is 60.7 Å². The molecule has 4 rings (SSSR count). The Morgan fingerprint density at radius 3 is 2.17 bits per heavy atom. The lowest BCUT2D eigenvalue weighted by molar-refractivity contribution is 0.0697. The summed E-state index contributed by atoms with van der Waals surface area (Å²) < 4.78 is 0. The Morgan fingerprint density at radius 2 is 1.50 bits per heavy atom. The van der Waals surface area contributed by atoms with Crippen molar-refractivity contribution >= 4 is 29.3 Å². The molecule has 0 aliphatic heterocycles. The van der Waals surface area contributed by atoms with Gasteiger partial charge in [-0.25, -0.2) is 4.79 Å². The predicted molar refractivity (Wildman–Crippen MR) is 139 cm³/mol. The molecule has 0 unspecified atom stereocenters. The lowest BCUT2D eigenvalue weighted by atomic mass is 9.93. The summed E-state index contributed by atoms with van der Waals surface area (Å²) >= 11 is 0. The van der Waals surface area contributed by atoms with Crippen LogP contribution in [0.2, 0.25) is 0 Å². The maximum atomic E-state index is 13.1. The van der Waals surface area contributed by atoms with E-state index in [4.69, 9.17) is 11.1 Å². The molecule has 8 nitrogen and oxygen atoms in total. The van der Waals surface area contributed by atoms with Gasteiger partial charge in [-0.05, 0) is 72.4 Å². The van der Waals surface area contributed by atoms with Crippen LogP contribution in [0.5, 0.6) is 0 Å². The van der Waals surface area contributed by atoms with Crippen LogP contribution in [-0.2, 0) is 0 Å². The average molecular weight is 485 g/mol. The van der Waals surface area contributed by atoms with E-state index in [9.17, 15) is 19.5 Å². The fraction of sp³-hybridized carbons (Fsp3) is 0.214. The Morgan fingerprint density at radius 1 is 0.861 bits per heavy atom. The molecule has 0 atom stereocenters. The van der Waals surface area contributed by atoms with Gasteiger partial charge in [0.25, 0.3) is 11.8 Å². The summed E-state index contributed by atoms with van der Waals surface area (Å²) in [6.07, 6.45) is 4.54. The second kappa shape index (κ2) is 10.9. The van der Waals surface area contributed by atoms with E-state index in [1.165, 1.54) is 18.9 Å². The first kappa shape index (κ1) is 24.7. The molecule has 0 radical (unpaired) electrons. The highest BCUT2D eigenvalue weighted by Crippen LogP contribution is 2.29. The third-order valence-corrected chi connectivity index (χ3v) is 6.45. The number of carbonyl (C=O) groups excluding carboxylic acids is 2. The first-order chi connectivity index (χ1) is 17.3. The molecule has 3 aromatic carbocycles. The van der Waals surface area contributed by atoms with Crippen LogP contribution in [0.4, 0.5) is 5.69 Å². The number of carboxylic acid groups (broad SMARTS) is 1. The Balaban J connectivity index is 1.59. The number of rotatable bonds is 8. The number of carbonyl (C=O) groups is 3. The standard InChI is InChI=1S/C28H28N4O4/c29-25(30)18-9-12-20(13-10-18)32-27(34)23-8-4-3-7-21(23)22-14-11-19(15-24(22)28(35)36)26(33)31-16-17-5-1-2-6-17/h3-4,7-15,17H,1-2,5-6,16H2,(H3,29,30)(H,31,33)(H,32,34)(H,35,36). The van der Waals surface area contributed by atoms with Crippen molar-refractivity contribution in [2.45, 2.75) is 25.7 Å². The maximum Gasteiger partial charge on any atom is 0.336 e. The second-order valence-corrected chi connectivity index (χ2v) is 8.92. The van der Waals surface area contributed by atoms with E-state index < -0.39 is 11.9 Å². The first-order valence-electron chi connectivity index (χ1n) is 11.8. The number of carboxylic acids is 1. The molecule has 1 aliphatic rings. The first-order valence-corrected chi connectivity index (χ1v) is 11.8. The van der Waals surface area contributed by atoms with Crippen LogP contribution in [0.25, 0.3) is 11.1 Å². The second-order valence-electron chi connectivity index (χ2n) is 8.92. The molecule has 1 aliphatic carbocycles. The summed E-state index contributed by atoms with van der Waals surface area (Å²) in [6.45, 7) is 0.583. The van der Waals surface area contributed by atoms with Crippen molar-refractivity contribution in [3.63, 3.8) is 0 Å². The molecule has 0 bridgehead atoms. The van der Waals surface area contributed by atoms with Gasteiger partial charge in [0, 0.05) is 28.9 Å². The van der Waals surface area contributed by atoms with Crippen molar-refractivity contribution in [2.75, 3.05) is 11.9 Å². The van der Waals surface area contributed by atoms with Gasteiger partial charge in [-0.3, -0.25) is 15.0 Å². The zero-order valence-corrected chi connectivity index (χ0v) is 19.7. The quantitative estimate of drug-likeness (QED) is 0.236. The van der Waals surface area contributed by atoms with E-state index in [0.717, 1.165) is 12.8 Å². The molecule has 0 heterocycles. The molecule has 2 amide bonds. The van der Waals surface area contributed by atoms with E-state index in [2.05, 4.69) is 10.6 Å². The molecule has 0 aromatic heterocycles. The molecular formula is C28H28N4O4. The highest BCUT2D eigenvalue weighted by atomic mass is 16.4. The minimum Gasteiger partial charge on any atom is -0.478 e. The lowest BCUT2D eigenvalue weighted by Gasteiger charge is -2.15. The number of anilines is 1. The number of nitrogens with two attached hydrogens (primary N) is 1. The van der Waals surface area contributed by atoms with Gasteiger partial charge in [-0.1, -0.05) is 37.1 Å². The minimum absolute atomic E-state index is 0.0606. The number of nitrogen functional groups attached to an aromatic ring is 1. The molecule has 184 valence electrons. The van der Waals surface area contributed by atoms with Crippen LogP contribution in [0.3, 0.4) is 0 Å². The van der Waals surface area contributed by atoms with Crippen LogP contribution >= 0.6 is 0 Å². The summed E-state index contributed by atoms with van der Waals surface area (Å²) in [5.74, 6) is -1.52. The molecule has 0 spiro atoms. The van der Waals surface area contributed by atoms with Crippen LogP contribution < -0.4 is 16.4 Å². The van der Waals surface area contributed by atoms with Crippen LogP contribution in [0, 0.1) is 11.3 Å². The van der Waals surface area contributed by atoms with E-state index in [1.807, 2.05) is 0 Å². The summed E-state index contributed by atoms with van der Waals surface area (Å²) in [5.41, 5.74) is 7.78. The number of benzene rings is 3. The van der Waals surface area contributed by atoms with Gasteiger partial charge < -0.3 is 21.5 Å². The van der Waals surface area contributed by atoms with Crippen molar-refractivity contribution in [2.24, 2.45) is 11.7 Å². The van der Waals surface area contributed by atoms with Crippen molar-refractivity contribution in [1.82, 2.24) is 5.32 Å². The Labute approximate surface area is 209 Å². The Hall–Kier alpha value is -4.46. The van der Waals surface area contributed by atoms with Gasteiger partial charge in [0.2, 0.25) is 0 Å². The summed E-state index contributed by atoms with van der Waals surface area (Å²) in [7, 11) is 0. The fourth-order valence-electron chi connectivity index (χ4n) is 4.50. The van der Waals surface area contributed by atoms with Gasteiger partial charge in [-0.2, -0.15) is 0 Å². The minimum atomic E-state index is -1.19. The highest BCUT2D eigenvalue weighted by molar-refractivity contribution is 6.11. The van der Waals surface area contributed by atoms with Crippen molar-refractivity contribution in [3.8, 4) is 11.1 Å². The van der Waals surface area contributed by atoms with Crippen molar-refractivity contribution < 1.29 is 19.5 Å². The SMILES string of the molecule is N=C(N)c1ccc(NC(=O)c2ccccc2-c2ccc(C(=O)NCC3CCCC3)cc2C(=O)O)cc1. The molecular weight excluding hydrogens is 456 g/mol. The van der Waals surface area contributed by atoms with Crippen LogP contribution in [0.15, 0.2) is 66.7 Å². The molecule has 8 heteroatoms. The molecule has 3 aromatic rings. The van der Waals surface area contributed by atoms with Crippen molar-refractivity contribution in [1.29, 1.82) is 5.41 Å². The largest absolute Gasteiger partial charge is 0.478 e. The zero-order chi connectivity index (χ0) is 25.7. The smallest absolute Gasteiger partial charge is 0.336 e. The summed E-state index contributed by atoms with van der Waals surface area (Å²) in [4.78, 5) is 37.9. The Kier molecular flexibility index (Phi) is 7.44. The topological polar surface area (TPSA) is 145 Å². The third-order valence-electron chi connectivity index (χ3n) is 6.45. The van der Waals surface area contributed by atoms with E-state index in [-0.39, 0.29) is 28.4 Å². The molecule has 1 fully saturated rings. The predicted octanol–water partition coefficient (Wildman–Crippen LogP) is 4.51. The molecule has 6 N–H and O–H groups in total. The highest BCUT2D eigenvalue weighted by Gasteiger charge is 2.21. The van der Waals surface area contributed by atoms with Gasteiger partial charge in [0.05, 0.1) is 5.56 Å². The van der Waals surface area contributed by atoms with Crippen LogP contribution in [0.1, 0.15) is 62.3 Å². The van der Waals surface area contributed by atoms with Crippen molar-refractivity contribution in [3.05, 3.63) is 89.0 Å². The number of hydrogen-bond donors (Lipinski definition) is 5. The summed E-state index contributed by atoms with van der Waals surface area (Å²) in [6, 6.07) is 17.8. The normalized spacial score (nSPS) is 13.2. The third kappa shape index (κ3) is 5.60. The van der Waals surface area contributed by atoms with Crippen LogP contribution in [-0.4, -0.2) is 35.3 Å². The van der Waals surface area contributed by atoms with E-state index in [0.29, 0.717) is 34.8 Å². The number of hydrogen-bond acceptors (Lipinski definition) is 4. The summed E-state index contributed by atoms with van der Waals surface area (Å²) in [5, 5.41) is 23.1. The number of amidine groups is 1. The van der Waals surface area contributed by atoms with E-state index >= 15 is 0 Å². The molecule has 36 heavy (non-hydrogen) atoms. The van der Waals surface area contributed by atoms with Gasteiger partial charge in [0.1, 0.15) is 5.84 Å². The monoisotopic (exact) mass is 484 g/mol. The molecule has 1 saturated carbocycles. The Bertz CT molecular complexity index is 1310. The number of nitrogens with one attached hydrogen (secondary N) is 3. The fourth-order valence-corrected chi connectivity index (χ4v) is 4.50. The lowest BCUT2D eigenvalue weighted by Crippen LogP contribution is -2.28. The molecule has 0 saturated heterocycles. The average Bonchev–Trinajstić information content (AvgIpc) is 3.41. The number of amides is 2. The van der Waals surface area contributed by atoms with Gasteiger partial charge in [0.15, 0.2) is 0 Å². The maximum absolute atomic E-state index is 13.1. The van der Waals surface area contributed by atoms with Gasteiger partial charge >= 0.3 is 5.97 Å². The van der Waals surface area contributed by atoms with Gasteiger partial charge in [-0.15, -0.1) is 0 Å². The zero-order valence-electron chi connectivity index (χ0n) is 19.7. The number of aromatic carboxylic acids is 1.